The second-order valence-corrected chi connectivity index (χ2v) is 6.35. The summed E-state index contributed by atoms with van der Waals surface area (Å²) in [6.07, 6.45) is 0. The third-order valence-electron chi connectivity index (χ3n) is 3.71. The molecule has 2 N–H and O–H groups in total. The van der Waals surface area contributed by atoms with Crippen molar-refractivity contribution in [1.29, 1.82) is 0 Å². The van der Waals surface area contributed by atoms with Crippen molar-refractivity contribution in [3.63, 3.8) is 0 Å². The molecule has 0 radical (unpaired) electrons. The molecule has 27 heavy (non-hydrogen) atoms. The third kappa shape index (κ3) is 4.68. The number of carbonyl (C=O) groups is 2. The van der Waals surface area contributed by atoms with Gasteiger partial charge in [0.25, 0.3) is 11.8 Å². The molecule has 0 saturated heterocycles. The highest BCUT2D eigenvalue weighted by Gasteiger charge is 2.14. The van der Waals surface area contributed by atoms with Crippen molar-refractivity contribution < 1.29 is 18.7 Å². The van der Waals surface area contributed by atoms with E-state index in [1.807, 2.05) is 0 Å². The normalized spacial score (nSPS) is 10.3. The standard InChI is InChI=1S/C19H16FN3O3S/c1-26-14-8-6-12(7-9-14)17(24)23-19-22-16(11-27-19)18(25)21-10-13-4-2-3-5-15(13)20/h2-9,11H,10H2,1H3,(H,21,25)(H,22,23,24). The minimum absolute atomic E-state index is 0.0522. The molecule has 2 aromatic carbocycles. The van der Waals surface area contributed by atoms with Crippen molar-refractivity contribution in [1.82, 2.24) is 10.3 Å². The zero-order chi connectivity index (χ0) is 19.2. The van der Waals surface area contributed by atoms with Gasteiger partial charge < -0.3 is 10.1 Å². The molecule has 0 saturated carbocycles. The predicted molar refractivity (Wildman–Crippen MR) is 101 cm³/mol. The maximum absolute atomic E-state index is 13.6. The second-order valence-electron chi connectivity index (χ2n) is 5.49. The van der Waals surface area contributed by atoms with Crippen LogP contribution in [0.25, 0.3) is 0 Å². The Morgan fingerprint density at radius 3 is 2.56 bits per heavy atom. The molecular weight excluding hydrogens is 369 g/mol. The average molecular weight is 385 g/mol. The number of nitrogens with zero attached hydrogens (tertiary/aromatic N) is 1. The molecule has 0 spiro atoms. The Morgan fingerprint density at radius 2 is 1.85 bits per heavy atom. The number of thiazole rings is 1. The fourth-order valence-electron chi connectivity index (χ4n) is 2.25. The van der Waals surface area contributed by atoms with Gasteiger partial charge in [0.05, 0.1) is 7.11 Å². The molecule has 0 aliphatic rings. The number of anilines is 1. The fourth-order valence-corrected chi connectivity index (χ4v) is 2.94. The molecule has 0 unspecified atom stereocenters. The number of amides is 2. The summed E-state index contributed by atoms with van der Waals surface area (Å²) in [4.78, 5) is 28.5. The predicted octanol–water partition coefficient (Wildman–Crippen LogP) is 3.47. The average Bonchev–Trinajstić information content (AvgIpc) is 3.15. The second kappa shape index (κ2) is 8.41. The lowest BCUT2D eigenvalue weighted by Crippen LogP contribution is -2.23. The highest BCUT2D eigenvalue weighted by molar-refractivity contribution is 7.14. The van der Waals surface area contributed by atoms with Gasteiger partial charge in [-0.25, -0.2) is 9.37 Å². The van der Waals surface area contributed by atoms with Gasteiger partial charge in [0.2, 0.25) is 0 Å². The first-order chi connectivity index (χ1) is 13.1. The van der Waals surface area contributed by atoms with Crippen LogP contribution >= 0.6 is 11.3 Å². The highest BCUT2D eigenvalue weighted by atomic mass is 32.1. The number of benzene rings is 2. The van der Waals surface area contributed by atoms with E-state index in [9.17, 15) is 14.0 Å². The monoisotopic (exact) mass is 385 g/mol. The summed E-state index contributed by atoms with van der Waals surface area (Å²) in [7, 11) is 1.55. The molecule has 1 aromatic heterocycles. The van der Waals surface area contributed by atoms with Gasteiger partial charge in [0, 0.05) is 23.1 Å². The largest absolute Gasteiger partial charge is 0.497 e. The number of nitrogens with one attached hydrogen (secondary N) is 2. The van der Waals surface area contributed by atoms with E-state index in [0.29, 0.717) is 22.0 Å². The highest BCUT2D eigenvalue weighted by Crippen LogP contribution is 2.18. The van der Waals surface area contributed by atoms with Gasteiger partial charge in [-0.1, -0.05) is 18.2 Å². The number of ether oxygens (including phenoxy) is 1. The molecule has 0 fully saturated rings. The zero-order valence-corrected chi connectivity index (χ0v) is 15.2. The van der Waals surface area contributed by atoms with E-state index in [0.717, 1.165) is 11.3 Å². The number of hydrogen-bond acceptors (Lipinski definition) is 5. The summed E-state index contributed by atoms with van der Waals surface area (Å²) < 4.78 is 18.6. The topological polar surface area (TPSA) is 80.3 Å². The Balaban J connectivity index is 1.59. The molecule has 138 valence electrons. The van der Waals surface area contributed by atoms with Crippen LogP contribution < -0.4 is 15.4 Å². The van der Waals surface area contributed by atoms with Crippen molar-refractivity contribution in [2.24, 2.45) is 0 Å². The molecule has 2 amide bonds. The third-order valence-corrected chi connectivity index (χ3v) is 4.46. The molecule has 3 rings (SSSR count). The molecule has 0 aliphatic carbocycles. The summed E-state index contributed by atoms with van der Waals surface area (Å²) in [5.41, 5.74) is 0.979. The van der Waals surface area contributed by atoms with Crippen molar-refractivity contribution in [2.45, 2.75) is 6.54 Å². The lowest BCUT2D eigenvalue weighted by atomic mass is 10.2. The first kappa shape index (κ1) is 18.5. The van der Waals surface area contributed by atoms with Crippen molar-refractivity contribution >= 4 is 28.3 Å². The minimum atomic E-state index is -0.445. The Labute approximate surface area is 159 Å². The van der Waals surface area contributed by atoms with Gasteiger partial charge in [0.15, 0.2) is 5.13 Å². The van der Waals surface area contributed by atoms with E-state index in [1.54, 1.807) is 49.6 Å². The molecule has 6 nitrogen and oxygen atoms in total. The van der Waals surface area contributed by atoms with E-state index in [4.69, 9.17) is 4.74 Å². The zero-order valence-electron chi connectivity index (χ0n) is 14.4. The van der Waals surface area contributed by atoms with Gasteiger partial charge in [-0.15, -0.1) is 11.3 Å². The number of rotatable bonds is 6. The summed E-state index contributed by atoms with van der Waals surface area (Å²) in [6.45, 7) is 0.0522. The van der Waals surface area contributed by atoms with Gasteiger partial charge in [-0.2, -0.15) is 0 Å². The van der Waals surface area contributed by atoms with E-state index < -0.39 is 5.91 Å². The van der Waals surface area contributed by atoms with Crippen LogP contribution in [0.2, 0.25) is 0 Å². The van der Waals surface area contributed by atoms with Crippen molar-refractivity contribution in [3.8, 4) is 5.75 Å². The van der Waals surface area contributed by atoms with Crippen molar-refractivity contribution in [3.05, 3.63) is 76.5 Å². The molecule has 1 heterocycles. The van der Waals surface area contributed by atoms with Gasteiger partial charge in [-0.3, -0.25) is 14.9 Å². The van der Waals surface area contributed by atoms with Crippen LogP contribution in [0.3, 0.4) is 0 Å². The van der Waals surface area contributed by atoms with Crippen LogP contribution in [0.15, 0.2) is 53.9 Å². The van der Waals surface area contributed by atoms with Crippen LogP contribution in [0, 0.1) is 5.82 Å². The maximum Gasteiger partial charge on any atom is 0.271 e. The Bertz CT molecular complexity index is 957. The molecule has 3 aromatic rings. The Morgan fingerprint density at radius 1 is 1.11 bits per heavy atom. The number of carbonyl (C=O) groups excluding carboxylic acids is 2. The van der Waals surface area contributed by atoms with Crippen LogP contribution in [-0.4, -0.2) is 23.9 Å². The van der Waals surface area contributed by atoms with Crippen LogP contribution in [0.1, 0.15) is 26.4 Å². The van der Waals surface area contributed by atoms with Crippen LogP contribution in [0.4, 0.5) is 9.52 Å². The molecule has 0 atom stereocenters. The summed E-state index contributed by atoms with van der Waals surface area (Å²) >= 11 is 1.13. The van der Waals surface area contributed by atoms with Crippen molar-refractivity contribution in [2.75, 3.05) is 12.4 Å². The SMILES string of the molecule is COc1ccc(C(=O)Nc2nc(C(=O)NCc3ccccc3F)cs2)cc1. The molecular formula is C19H16FN3O3S. The smallest absolute Gasteiger partial charge is 0.271 e. The number of aromatic nitrogens is 1. The number of methoxy groups -OCH3 is 1. The summed E-state index contributed by atoms with van der Waals surface area (Å²) in [5, 5.41) is 7.07. The number of halogens is 1. The van der Waals surface area contributed by atoms with E-state index >= 15 is 0 Å². The van der Waals surface area contributed by atoms with E-state index in [-0.39, 0.29) is 24.0 Å². The number of hydrogen-bond donors (Lipinski definition) is 2. The Hall–Kier alpha value is -3.26. The lowest BCUT2D eigenvalue weighted by Gasteiger charge is -2.05. The molecule has 0 bridgehead atoms. The first-order valence-corrected chi connectivity index (χ1v) is 8.87. The lowest BCUT2D eigenvalue weighted by molar-refractivity contribution is 0.0945. The van der Waals surface area contributed by atoms with Crippen LogP contribution in [0.5, 0.6) is 5.75 Å². The van der Waals surface area contributed by atoms with E-state index in [1.165, 1.54) is 11.4 Å². The molecule has 8 heteroatoms. The summed E-state index contributed by atoms with van der Waals surface area (Å²) in [5.74, 6) is -0.525. The molecule has 0 aliphatic heterocycles. The van der Waals surface area contributed by atoms with Gasteiger partial charge >= 0.3 is 0 Å². The van der Waals surface area contributed by atoms with Crippen LogP contribution in [-0.2, 0) is 6.54 Å². The first-order valence-electron chi connectivity index (χ1n) is 7.99. The van der Waals surface area contributed by atoms with E-state index in [2.05, 4.69) is 15.6 Å². The Kier molecular flexibility index (Phi) is 5.77. The maximum atomic E-state index is 13.6. The fraction of sp³-hybridized carbons (Fsp3) is 0.105. The van der Waals surface area contributed by atoms with Gasteiger partial charge in [0.1, 0.15) is 17.3 Å². The summed E-state index contributed by atoms with van der Waals surface area (Å²) in [6, 6.07) is 12.8. The minimum Gasteiger partial charge on any atom is -0.497 e. The van der Waals surface area contributed by atoms with Gasteiger partial charge in [-0.05, 0) is 30.3 Å². The quantitative estimate of drug-likeness (QED) is 0.681.